The van der Waals surface area contributed by atoms with Gasteiger partial charge in [0.2, 0.25) is 0 Å². The molecule has 318 valence electrons. The maximum absolute atomic E-state index is 6.76. The highest BCUT2D eigenvalue weighted by atomic mass is 28.3. The third-order valence-corrected chi connectivity index (χ3v) is 15.8. The van der Waals surface area contributed by atoms with Crippen LogP contribution in [0.2, 0.25) is 19.6 Å². The van der Waals surface area contributed by atoms with Gasteiger partial charge in [0.25, 0.3) is 0 Å². The third-order valence-electron chi connectivity index (χ3n) is 13.7. The second kappa shape index (κ2) is 15.8. The molecule has 0 N–H and O–H groups in total. The van der Waals surface area contributed by atoms with Crippen molar-refractivity contribution in [1.29, 1.82) is 0 Å². The molecule has 0 bridgehead atoms. The van der Waals surface area contributed by atoms with Gasteiger partial charge in [0.15, 0.2) is 5.58 Å². The average Bonchev–Trinajstić information content (AvgIpc) is 3.74. The Morgan fingerprint density at radius 1 is 0.470 bits per heavy atom. The van der Waals surface area contributed by atoms with E-state index in [0.717, 1.165) is 62.5 Å². The van der Waals surface area contributed by atoms with E-state index in [9.17, 15) is 0 Å². The maximum atomic E-state index is 6.76. The Bertz CT molecular complexity index is 3720. The lowest BCUT2D eigenvalue weighted by Crippen LogP contribution is -2.37. The molecule has 1 aliphatic carbocycles. The van der Waals surface area contributed by atoms with E-state index in [1.807, 2.05) is 6.07 Å². The minimum atomic E-state index is -1.46. The van der Waals surface area contributed by atoms with E-state index in [1.54, 1.807) is 0 Å². The van der Waals surface area contributed by atoms with Gasteiger partial charge in [-0.05, 0) is 128 Å². The Morgan fingerprint density at radius 2 is 1.08 bits per heavy atom. The van der Waals surface area contributed by atoms with Crippen LogP contribution in [0.3, 0.4) is 0 Å². The van der Waals surface area contributed by atoms with Crippen molar-refractivity contribution in [2.45, 2.75) is 33.0 Å². The second-order valence-electron chi connectivity index (χ2n) is 19.0. The van der Waals surface area contributed by atoms with E-state index >= 15 is 0 Å². The SMILES string of the molecule is CC1C=CC(c2ccccc2N(c2ccc3c(ccc4c5ccc(N(c6ccccc6)c6ccc([Si](C)(C)C)cc6)cc5c5ccccc5c34)c2)c2cccc3c2oc2ccccc23)=CC1. The maximum Gasteiger partial charge on any atom is 0.159 e. The highest BCUT2D eigenvalue weighted by Crippen LogP contribution is 2.47. The molecule has 4 heteroatoms. The summed E-state index contributed by atoms with van der Waals surface area (Å²) in [6.07, 6.45) is 8.03. The summed E-state index contributed by atoms with van der Waals surface area (Å²) in [7, 11) is -1.46. The molecule has 0 saturated carbocycles. The summed E-state index contributed by atoms with van der Waals surface area (Å²) in [5, 5.41) is 13.6. The molecule has 0 radical (unpaired) electrons. The Kier molecular flexibility index (Phi) is 9.55. The van der Waals surface area contributed by atoms with Crippen molar-refractivity contribution in [2.24, 2.45) is 5.92 Å². The summed E-state index contributed by atoms with van der Waals surface area (Å²) in [6, 6.07) is 71.4. The molecule has 12 rings (SSSR count). The first kappa shape index (κ1) is 39.9. The molecule has 0 spiro atoms. The summed E-state index contributed by atoms with van der Waals surface area (Å²) in [5.74, 6) is 0.522. The van der Waals surface area contributed by atoms with Crippen LogP contribution in [0.15, 0.2) is 217 Å². The van der Waals surface area contributed by atoms with Crippen molar-refractivity contribution in [1.82, 2.24) is 0 Å². The fourth-order valence-electron chi connectivity index (χ4n) is 10.3. The van der Waals surface area contributed by atoms with Crippen molar-refractivity contribution in [3.63, 3.8) is 0 Å². The van der Waals surface area contributed by atoms with Crippen LogP contribution in [-0.2, 0) is 0 Å². The summed E-state index contributed by atoms with van der Waals surface area (Å²) >= 11 is 0. The van der Waals surface area contributed by atoms with Crippen molar-refractivity contribution in [2.75, 3.05) is 9.80 Å². The molecular weight excluding hydrogens is 817 g/mol. The fraction of sp³-hybridized carbons (Fsp3) is 0.0968. The quantitative estimate of drug-likeness (QED) is 0.112. The van der Waals surface area contributed by atoms with Gasteiger partial charge in [-0.15, -0.1) is 0 Å². The average molecular weight is 867 g/mol. The number of hydrogen-bond acceptors (Lipinski definition) is 3. The lowest BCUT2D eigenvalue weighted by Gasteiger charge is -2.29. The van der Waals surface area contributed by atoms with Crippen LogP contribution in [0.1, 0.15) is 18.9 Å². The smallest absolute Gasteiger partial charge is 0.159 e. The van der Waals surface area contributed by atoms with E-state index in [0.29, 0.717) is 5.92 Å². The number of nitrogens with zero attached hydrogens (tertiary/aromatic N) is 2. The Morgan fingerprint density at radius 3 is 1.86 bits per heavy atom. The Hall–Kier alpha value is -7.66. The highest BCUT2D eigenvalue weighted by molar-refractivity contribution is 6.88. The van der Waals surface area contributed by atoms with Gasteiger partial charge < -0.3 is 14.2 Å². The molecule has 10 aromatic carbocycles. The van der Waals surface area contributed by atoms with Gasteiger partial charge in [-0.3, -0.25) is 0 Å². The second-order valence-corrected chi connectivity index (χ2v) is 24.1. The van der Waals surface area contributed by atoms with E-state index in [4.69, 9.17) is 4.42 Å². The van der Waals surface area contributed by atoms with Gasteiger partial charge in [-0.2, -0.15) is 0 Å². The minimum Gasteiger partial charge on any atom is -0.454 e. The van der Waals surface area contributed by atoms with E-state index in [2.05, 4.69) is 243 Å². The van der Waals surface area contributed by atoms with Gasteiger partial charge in [0.1, 0.15) is 5.58 Å². The zero-order chi connectivity index (χ0) is 44.5. The zero-order valence-corrected chi connectivity index (χ0v) is 38.8. The first-order valence-corrected chi connectivity index (χ1v) is 26.7. The predicted molar refractivity (Wildman–Crippen MR) is 287 cm³/mol. The predicted octanol–water partition coefficient (Wildman–Crippen LogP) is 17.7. The molecule has 11 aromatic rings. The molecule has 1 unspecified atom stereocenters. The van der Waals surface area contributed by atoms with Crippen LogP contribution < -0.4 is 15.0 Å². The molecular formula is C62H50N2OSi. The normalized spacial score (nSPS) is 14.2. The summed E-state index contributed by atoms with van der Waals surface area (Å²) in [6.45, 7) is 9.50. The minimum absolute atomic E-state index is 0.522. The molecule has 0 fully saturated rings. The molecule has 1 atom stereocenters. The summed E-state index contributed by atoms with van der Waals surface area (Å²) in [4.78, 5) is 4.80. The van der Waals surface area contributed by atoms with Crippen LogP contribution in [-0.4, -0.2) is 8.07 Å². The highest BCUT2D eigenvalue weighted by Gasteiger charge is 2.24. The molecule has 66 heavy (non-hydrogen) atoms. The third kappa shape index (κ3) is 6.71. The van der Waals surface area contributed by atoms with Crippen molar-refractivity contribution in [3.8, 4) is 0 Å². The van der Waals surface area contributed by atoms with Crippen LogP contribution in [0.4, 0.5) is 34.1 Å². The Labute approximate surface area is 387 Å². The summed E-state index contributed by atoms with van der Waals surface area (Å²) in [5.41, 5.74) is 10.8. The number of fused-ring (bicyclic) bond motifs is 11. The number of benzene rings is 10. The number of furan rings is 1. The topological polar surface area (TPSA) is 19.6 Å². The lowest BCUT2D eigenvalue weighted by molar-refractivity contribution is 0.669. The van der Waals surface area contributed by atoms with Crippen molar-refractivity contribution >= 4 is 118 Å². The van der Waals surface area contributed by atoms with E-state index < -0.39 is 8.07 Å². The number of allylic oxidation sites excluding steroid dienone is 4. The van der Waals surface area contributed by atoms with Crippen LogP contribution in [0, 0.1) is 5.92 Å². The Balaban J connectivity index is 1.05. The van der Waals surface area contributed by atoms with Crippen LogP contribution >= 0.6 is 0 Å². The lowest BCUT2D eigenvalue weighted by atomic mass is 9.90. The van der Waals surface area contributed by atoms with Gasteiger partial charge in [0.05, 0.1) is 19.4 Å². The van der Waals surface area contributed by atoms with Gasteiger partial charge in [0, 0.05) is 39.1 Å². The van der Waals surface area contributed by atoms with Gasteiger partial charge >= 0.3 is 0 Å². The monoisotopic (exact) mass is 866 g/mol. The van der Waals surface area contributed by atoms with Crippen molar-refractivity contribution < 1.29 is 4.42 Å². The van der Waals surface area contributed by atoms with Crippen LogP contribution in [0.5, 0.6) is 0 Å². The molecule has 1 aliphatic rings. The van der Waals surface area contributed by atoms with Gasteiger partial charge in [-0.1, -0.05) is 177 Å². The molecule has 1 heterocycles. The summed E-state index contributed by atoms with van der Waals surface area (Å²) < 4.78 is 6.76. The molecule has 0 aliphatic heterocycles. The number of anilines is 6. The zero-order valence-electron chi connectivity index (χ0n) is 37.8. The molecule has 0 saturated heterocycles. The van der Waals surface area contributed by atoms with E-state index in [-0.39, 0.29) is 0 Å². The number of rotatable bonds is 8. The molecule has 0 amide bonds. The number of hydrogen-bond donors (Lipinski definition) is 0. The first-order chi connectivity index (χ1) is 32.3. The van der Waals surface area contributed by atoms with Gasteiger partial charge in [-0.25, -0.2) is 0 Å². The first-order valence-electron chi connectivity index (χ1n) is 23.2. The molecule has 1 aromatic heterocycles. The standard InChI is InChI=1S/C62H50N2OSi/c1-41-25-27-42(28-26-41)49-17-10-12-22-58(49)64(59-23-14-21-56-53-19-11-13-24-60(53)65-62(56)59)46-32-37-50-43(39-46)29-36-55-52-38-33-47(40-57(52)51-18-8-9-20-54(51)61(50)55)63(44-15-6-5-7-16-44)45-30-34-48(35-31-45)66(2,3)4/h5-25,27-41H,26H2,1-4H3. The van der Waals surface area contributed by atoms with Crippen molar-refractivity contribution in [3.05, 3.63) is 218 Å². The molecule has 3 nitrogen and oxygen atoms in total. The van der Waals surface area contributed by atoms with E-state index in [1.165, 1.54) is 59.4 Å². The number of para-hydroxylation sites is 4. The van der Waals surface area contributed by atoms with Crippen LogP contribution in [0.25, 0.3) is 70.6 Å². The fourth-order valence-corrected chi connectivity index (χ4v) is 11.5. The largest absolute Gasteiger partial charge is 0.454 e.